The molecule has 1 aromatic carbocycles. The fourth-order valence-electron chi connectivity index (χ4n) is 2.93. The first-order valence-electron chi connectivity index (χ1n) is 9.38. The zero-order chi connectivity index (χ0) is 19.9. The van der Waals surface area contributed by atoms with Gasteiger partial charge in [-0.2, -0.15) is 0 Å². The Morgan fingerprint density at radius 2 is 1.78 bits per heavy atom. The minimum atomic E-state index is -0.233. The molecule has 0 aliphatic carbocycles. The summed E-state index contributed by atoms with van der Waals surface area (Å²) in [5.41, 5.74) is -0.233. The summed E-state index contributed by atoms with van der Waals surface area (Å²) in [5, 5.41) is 5.90. The molecule has 7 nitrogen and oxygen atoms in total. The van der Waals surface area contributed by atoms with Crippen molar-refractivity contribution < 1.29 is 19.1 Å². The molecule has 0 spiro atoms. The molecule has 3 amide bonds. The second-order valence-electron chi connectivity index (χ2n) is 7.85. The van der Waals surface area contributed by atoms with E-state index in [0.717, 1.165) is 12.8 Å². The highest BCUT2D eigenvalue weighted by Crippen LogP contribution is 2.25. The van der Waals surface area contributed by atoms with Gasteiger partial charge in [0.25, 0.3) is 5.91 Å². The number of ether oxygens (including phenoxy) is 2. The van der Waals surface area contributed by atoms with Crippen LogP contribution >= 0.6 is 0 Å². The summed E-state index contributed by atoms with van der Waals surface area (Å²) in [6.07, 6.45) is 1.76. The van der Waals surface area contributed by atoms with Crippen molar-refractivity contribution in [2.45, 2.75) is 39.2 Å². The Morgan fingerprint density at radius 1 is 1.15 bits per heavy atom. The Balaban J connectivity index is 1.67. The maximum Gasteiger partial charge on any atom is 0.317 e. The van der Waals surface area contributed by atoms with Crippen molar-refractivity contribution in [1.29, 1.82) is 0 Å². The van der Waals surface area contributed by atoms with Crippen LogP contribution in [0.15, 0.2) is 24.3 Å². The number of nitrogens with zero attached hydrogens (tertiary/aromatic N) is 1. The van der Waals surface area contributed by atoms with E-state index < -0.39 is 0 Å². The maximum absolute atomic E-state index is 12.2. The number of para-hydroxylation sites is 2. The minimum Gasteiger partial charge on any atom is -0.493 e. The summed E-state index contributed by atoms with van der Waals surface area (Å²) < 4.78 is 10.7. The van der Waals surface area contributed by atoms with Gasteiger partial charge >= 0.3 is 6.03 Å². The average molecular weight is 377 g/mol. The summed E-state index contributed by atoms with van der Waals surface area (Å²) in [6.45, 7) is 7.89. The van der Waals surface area contributed by atoms with Crippen molar-refractivity contribution in [2.75, 3.05) is 33.4 Å². The summed E-state index contributed by atoms with van der Waals surface area (Å²) in [7, 11) is 1.57. The molecule has 0 saturated carbocycles. The number of methoxy groups -OCH3 is 1. The highest BCUT2D eigenvalue weighted by Gasteiger charge is 2.25. The van der Waals surface area contributed by atoms with Gasteiger partial charge in [0.15, 0.2) is 18.1 Å². The molecule has 0 unspecified atom stereocenters. The molecule has 1 heterocycles. The lowest BCUT2D eigenvalue weighted by Crippen LogP contribution is -2.51. The van der Waals surface area contributed by atoms with E-state index in [4.69, 9.17) is 9.47 Å². The number of carbonyl (C=O) groups is 2. The fraction of sp³-hybridized carbons (Fsp3) is 0.600. The molecular weight excluding hydrogens is 346 g/mol. The van der Waals surface area contributed by atoms with E-state index in [1.165, 1.54) is 0 Å². The number of amides is 3. The van der Waals surface area contributed by atoms with Crippen molar-refractivity contribution in [2.24, 2.45) is 5.92 Å². The first-order valence-corrected chi connectivity index (χ1v) is 9.38. The molecule has 0 atom stereocenters. The van der Waals surface area contributed by atoms with Gasteiger partial charge in [-0.25, -0.2) is 4.79 Å². The number of carbonyl (C=O) groups excluding carboxylic acids is 2. The monoisotopic (exact) mass is 377 g/mol. The molecule has 1 saturated heterocycles. The highest BCUT2D eigenvalue weighted by atomic mass is 16.5. The van der Waals surface area contributed by atoms with Gasteiger partial charge in [0.2, 0.25) is 0 Å². The normalized spacial score (nSPS) is 15.2. The SMILES string of the molecule is COc1ccccc1OCC(=O)NCC1CCN(C(=O)NC(C)(C)C)CC1. The van der Waals surface area contributed by atoms with Crippen LogP contribution in [0.3, 0.4) is 0 Å². The molecule has 2 rings (SSSR count). The first-order chi connectivity index (χ1) is 12.8. The van der Waals surface area contributed by atoms with Gasteiger partial charge in [-0.3, -0.25) is 4.79 Å². The third-order valence-electron chi connectivity index (χ3n) is 4.40. The van der Waals surface area contributed by atoms with Crippen molar-refractivity contribution in [3.63, 3.8) is 0 Å². The molecule has 1 aliphatic rings. The topological polar surface area (TPSA) is 79.9 Å². The number of nitrogens with one attached hydrogen (secondary N) is 2. The molecule has 7 heteroatoms. The van der Waals surface area contributed by atoms with Gasteiger partial charge < -0.3 is 25.0 Å². The van der Waals surface area contributed by atoms with Crippen LogP contribution in [-0.2, 0) is 4.79 Å². The van der Waals surface area contributed by atoms with E-state index in [0.29, 0.717) is 37.1 Å². The number of hydrogen-bond acceptors (Lipinski definition) is 4. The molecule has 0 radical (unpaired) electrons. The summed E-state index contributed by atoms with van der Waals surface area (Å²) in [4.78, 5) is 26.1. The third kappa shape index (κ3) is 7.00. The first kappa shape index (κ1) is 20.9. The largest absolute Gasteiger partial charge is 0.493 e. The van der Waals surface area contributed by atoms with Gasteiger partial charge in [0.1, 0.15) is 0 Å². The maximum atomic E-state index is 12.2. The van der Waals surface area contributed by atoms with Crippen molar-refractivity contribution in [3.05, 3.63) is 24.3 Å². The Bertz CT molecular complexity index is 634. The molecule has 0 bridgehead atoms. The number of piperidine rings is 1. The summed E-state index contributed by atoms with van der Waals surface area (Å²) >= 11 is 0. The molecule has 1 aliphatic heterocycles. The van der Waals surface area contributed by atoms with E-state index >= 15 is 0 Å². The molecular formula is C20H31N3O4. The van der Waals surface area contributed by atoms with E-state index in [9.17, 15) is 9.59 Å². The van der Waals surface area contributed by atoms with Crippen LogP contribution in [0.5, 0.6) is 11.5 Å². The van der Waals surface area contributed by atoms with Crippen molar-refractivity contribution in [1.82, 2.24) is 15.5 Å². The lowest BCUT2D eigenvalue weighted by Gasteiger charge is -2.34. The minimum absolute atomic E-state index is 0.0183. The van der Waals surface area contributed by atoms with Crippen molar-refractivity contribution >= 4 is 11.9 Å². The van der Waals surface area contributed by atoms with E-state index in [1.54, 1.807) is 19.2 Å². The Morgan fingerprint density at radius 3 is 2.37 bits per heavy atom. The lowest BCUT2D eigenvalue weighted by atomic mass is 9.97. The van der Waals surface area contributed by atoms with Gasteiger partial charge in [-0.05, 0) is 51.7 Å². The molecule has 1 aromatic rings. The Kier molecular flexibility index (Phi) is 7.33. The second-order valence-corrected chi connectivity index (χ2v) is 7.85. The Hall–Kier alpha value is -2.44. The van der Waals surface area contributed by atoms with Crippen LogP contribution in [0.4, 0.5) is 4.79 Å². The van der Waals surface area contributed by atoms with Crippen LogP contribution in [0.2, 0.25) is 0 Å². The van der Waals surface area contributed by atoms with Crippen LogP contribution in [0.1, 0.15) is 33.6 Å². The molecule has 27 heavy (non-hydrogen) atoms. The van der Waals surface area contributed by atoms with Crippen molar-refractivity contribution in [3.8, 4) is 11.5 Å². The van der Waals surface area contributed by atoms with Gasteiger partial charge in [-0.1, -0.05) is 12.1 Å². The van der Waals surface area contributed by atoms with Gasteiger partial charge in [-0.15, -0.1) is 0 Å². The number of benzene rings is 1. The number of urea groups is 1. The second kappa shape index (κ2) is 9.48. The van der Waals surface area contributed by atoms with Crippen LogP contribution in [0, 0.1) is 5.92 Å². The number of likely N-dealkylation sites (tertiary alicyclic amines) is 1. The summed E-state index contributed by atoms with van der Waals surface area (Å²) in [5.74, 6) is 1.37. The lowest BCUT2D eigenvalue weighted by molar-refractivity contribution is -0.123. The van der Waals surface area contributed by atoms with Crippen LogP contribution in [-0.4, -0.2) is 55.7 Å². The number of rotatable bonds is 6. The smallest absolute Gasteiger partial charge is 0.317 e. The van der Waals surface area contributed by atoms with Gasteiger partial charge in [0.05, 0.1) is 7.11 Å². The van der Waals surface area contributed by atoms with Gasteiger partial charge in [0, 0.05) is 25.2 Å². The molecule has 2 N–H and O–H groups in total. The van der Waals surface area contributed by atoms with Crippen LogP contribution < -0.4 is 20.1 Å². The Labute approximate surface area is 161 Å². The van der Waals surface area contributed by atoms with Crippen LogP contribution in [0.25, 0.3) is 0 Å². The zero-order valence-corrected chi connectivity index (χ0v) is 16.7. The number of hydrogen-bond donors (Lipinski definition) is 2. The predicted octanol–water partition coefficient (Wildman–Crippen LogP) is 2.41. The highest BCUT2D eigenvalue weighted by molar-refractivity contribution is 5.77. The zero-order valence-electron chi connectivity index (χ0n) is 16.7. The third-order valence-corrected chi connectivity index (χ3v) is 4.40. The van der Waals surface area contributed by atoms with E-state index in [1.807, 2.05) is 37.8 Å². The fourth-order valence-corrected chi connectivity index (χ4v) is 2.93. The van der Waals surface area contributed by atoms with E-state index in [2.05, 4.69) is 10.6 Å². The standard InChI is InChI=1S/C20H31N3O4/c1-20(2,3)22-19(25)23-11-9-15(10-12-23)13-21-18(24)14-27-17-8-6-5-7-16(17)26-4/h5-8,15H,9-14H2,1-4H3,(H,21,24)(H,22,25). The predicted molar refractivity (Wildman–Crippen MR) is 104 cm³/mol. The van der Waals surface area contributed by atoms with E-state index in [-0.39, 0.29) is 24.1 Å². The quantitative estimate of drug-likeness (QED) is 0.798. The molecule has 1 fully saturated rings. The summed E-state index contributed by atoms with van der Waals surface area (Å²) in [6, 6.07) is 7.22. The molecule has 0 aromatic heterocycles. The molecule has 150 valence electrons. The average Bonchev–Trinajstić information content (AvgIpc) is 2.64.